The summed E-state index contributed by atoms with van der Waals surface area (Å²) in [6.07, 6.45) is 0. The molecule has 1 atom stereocenters. The summed E-state index contributed by atoms with van der Waals surface area (Å²) in [7, 11) is 1.52. The highest BCUT2D eigenvalue weighted by atomic mass is 16.5. The van der Waals surface area contributed by atoms with Crippen molar-refractivity contribution in [3.05, 3.63) is 28.8 Å². The highest BCUT2D eigenvalue weighted by molar-refractivity contribution is 5.91. The molecule has 0 spiro atoms. The highest BCUT2D eigenvalue weighted by Gasteiger charge is 2.41. The summed E-state index contributed by atoms with van der Waals surface area (Å²) < 4.78 is 5.60. The Labute approximate surface area is 124 Å². The number of fused-ring (bicyclic) bond motifs is 1. The second kappa shape index (κ2) is 5.06. The average molecular weight is 291 g/mol. The normalized spacial score (nSPS) is 17.1. The minimum atomic E-state index is -1.25. The molecule has 1 heterocycles. The van der Waals surface area contributed by atoms with Crippen molar-refractivity contribution in [1.29, 1.82) is 0 Å². The number of carboxylic acids is 1. The number of carbonyl (C=O) groups is 2. The smallest absolute Gasteiger partial charge is 0.329 e. The molecule has 1 aromatic carbocycles. The summed E-state index contributed by atoms with van der Waals surface area (Å²) >= 11 is 0. The summed E-state index contributed by atoms with van der Waals surface area (Å²) in [5.74, 6) is -0.983. The molecular formula is C16H21NO4. The van der Waals surface area contributed by atoms with Gasteiger partial charge in [-0.15, -0.1) is 0 Å². The van der Waals surface area contributed by atoms with E-state index in [4.69, 9.17) is 4.74 Å². The Bertz CT molecular complexity index is 607. The molecule has 1 aromatic rings. The van der Waals surface area contributed by atoms with E-state index in [1.165, 1.54) is 25.8 Å². The molecule has 0 aliphatic carbocycles. The first-order valence-corrected chi connectivity index (χ1v) is 6.91. The molecule has 0 radical (unpaired) electrons. The zero-order chi connectivity index (χ0) is 15.9. The number of carbonyl (C=O) groups excluding carboxylic acids is 1. The first-order valence-electron chi connectivity index (χ1n) is 6.91. The van der Waals surface area contributed by atoms with Crippen LogP contribution in [0.1, 0.15) is 36.5 Å². The SMILES string of the molecule is Cc1cc2c(cc1C)C(C(=O)N(C)C(C)(C)C(=O)O)CO2. The monoisotopic (exact) mass is 291 g/mol. The summed E-state index contributed by atoms with van der Waals surface area (Å²) in [6.45, 7) is 7.28. The van der Waals surface area contributed by atoms with E-state index in [1.807, 2.05) is 26.0 Å². The van der Waals surface area contributed by atoms with Gasteiger partial charge in [0.2, 0.25) is 5.91 Å². The Morgan fingerprint density at radius 3 is 2.43 bits per heavy atom. The molecule has 0 bridgehead atoms. The molecule has 5 nitrogen and oxygen atoms in total. The van der Waals surface area contributed by atoms with Crippen molar-refractivity contribution in [2.45, 2.75) is 39.2 Å². The Balaban J connectivity index is 2.33. The number of aryl methyl sites for hydroxylation is 2. The van der Waals surface area contributed by atoms with Crippen LogP contribution in [0.25, 0.3) is 0 Å². The fourth-order valence-electron chi connectivity index (χ4n) is 2.33. The van der Waals surface area contributed by atoms with Crippen LogP contribution in [0.5, 0.6) is 5.75 Å². The minimum absolute atomic E-state index is 0.232. The van der Waals surface area contributed by atoms with Crippen LogP contribution < -0.4 is 4.74 Å². The number of likely N-dealkylation sites (N-methyl/N-ethyl adjacent to an activating group) is 1. The van der Waals surface area contributed by atoms with Crippen LogP contribution in [0.15, 0.2) is 12.1 Å². The van der Waals surface area contributed by atoms with Gasteiger partial charge < -0.3 is 14.7 Å². The van der Waals surface area contributed by atoms with Crippen LogP contribution in [0, 0.1) is 13.8 Å². The van der Waals surface area contributed by atoms with E-state index in [-0.39, 0.29) is 12.5 Å². The number of hydrogen-bond acceptors (Lipinski definition) is 3. The lowest BCUT2D eigenvalue weighted by Gasteiger charge is -2.33. The van der Waals surface area contributed by atoms with Crippen molar-refractivity contribution in [3.63, 3.8) is 0 Å². The third kappa shape index (κ3) is 2.48. The van der Waals surface area contributed by atoms with Crippen LogP contribution in [0.4, 0.5) is 0 Å². The largest absolute Gasteiger partial charge is 0.492 e. The lowest BCUT2D eigenvalue weighted by atomic mass is 9.94. The molecule has 1 amide bonds. The van der Waals surface area contributed by atoms with Gasteiger partial charge in [-0.25, -0.2) is 4.79 Å². The van der Waals surface area contributed by atoms with Gasteiger partial charge in [-0.3, -0.25) is 4.79 Å². The topological polar surface area (TPSA) is 66.8 Å². The van der Waals surface area contributed by atoms with E-state index in [2.05, 4.69) is 0 Å². The molecule has 0 fully saturated rings. The third-order valence-corrected chi connectivity index (χ3v) is 4.40. The van der Waals surface area contributed by atoms with Crippen molar-refractivity contribution >= 4 is 11.9 Å². The van der Waals surface area contributed by atoms with Crippen molar-refractivity contribution in [1.82, 2.24) is 4.90 Å². The highest BCUT2D eigenvalue weighted by Crippen LogP contribution is 2.37. The van der Waals surface area contributed by atoms with Gasteiger partial charge in [-0.05, 0) is 44.9 Å². The molecule has 1 aliphatic rings. The number of rotatable bonds is 3. The number of carboxylic acid groups (broad SMARTS) is 1. The van der Waals surface area contributed by atoms with E-state index in [0.29, 0.717) is 0 Å². The Kier molecular flexibility index (Phi) is 3.70. The number of aliphatic carboxylic acids is 1. The summed E-state index contributed by atoms with van der Waals surface area (Å²) in [4.78, 5) is 25.2. The van der Waals surface area contributed by atoms with Crippen molar-refractivity contribution in [2.75, 3.05) is 13.7 Å². The molecule has 114 valence electrons. The lowest BCUT2D eigenvalue weighted by molar-refractivity contribution is -0.156. The number of hydrogen-bond donors (Lipinski definition) is 1. The summed E-state index contributed by atoms with van der Waals surface area (Å²) in [6, 6.07) is 3.89. The van der Waals surface area contributed by atoms with Gasteiger partial charge in [0.05, 0.1) is 0 Å². The standard InChI is InChI=1S/C16H21NO4/c1-9-6-11-12(8-21-13(11)7-10(9)2)14(18)17(5)16(3,4)15(19)20/h6-7,12H,8H2,1-5H3,(H,19,20). The van der Waals surface area contributed by atoms with Crippen molar-refractivity contribution in [3.8, 4) is 5.75 Å². The second-order valence-electron chi connectivity index (χ2n) is 6.10. The number of nitrogens with zero attached hydrogens (tertiary/aromatic N) is 1. The zero-order valence-corrected chi connectivity index (χ0v) is 13.1. The maximum atomic E-state index is 12.6. The van der Waals surface area contributed by atoms with Gasteiger partial charge in [0.25, 0.3) is 0 Å². The van der Waals surface area contributed by atoms with Crippen LogP contribution in [-0.4, -0.2) is 41.1 Å². The molecule has 0 aromatic heterocycles. The fourth-order valence-corrected chi connectivity index (χ4v) is 2.33. The Morgan fingerprint density at radius 1 is 1.29 bits per heavy atom. The van der Waals surface area contributed by atoms with E-state index in [1.54, 1.807) is 0 Å². The lowest BCUT2D eigenvalue weighted by Crippen LogP contribution is -2.52. The predicted octanol–water partition coefficient (Wildman–Crippen LogP) is 2.10. The molecule has 1 aliphatic heterocycles. The van der Waals surface area contributed by atoms with Gasteiger partial charge in [0, 0.05) is 12.6 Å². The van der Waals surface area contributed by atoms with Gasteiger partial charge in [0.1, 0.15) is 23.8 Å². The number of ether oxygens (including phenoxy) is 1. The minimum Gasteiger partial charge on any atom is -0.492 e. The quantitative estimate of drug-likeness (QED) is 0.926. The maximum Gasteiger partial charge on any atom is 0.329 e. The number of benzene rings is 1. The fraction of sp³-hybridized carbons (Fsp3) is 0.500. The van der Waals surface area contributed by atoms with E-state index < -0.39 is 17.4 Å². The molecule has 21 heavy (non-hydrogen) atoms. The Morgan fingerprint density at radius 2 is 1.86 bits per heavy atom. The van der Waals surface area contributed by atoms with Crippen LogP contribution in [-0.2, 0) is 9.59 Å². The summed E-state index contributed by atoms with van der Waals surface area (Å²) in [5, 5.41) is 9.25. The molecule has 1 unspecified atom stereocenters. The molecular weight excluding hydrogens is 270 g/mol. The van der Waals surface area contributed by atoms with Crippen LogP contribution in [0.2, 0.25) is 0 Å². The van der Waals surface area contributed by atoms with Gasteiger partial charge in [-0.2, -0.15) is 0 Å². The molecule has 0 saturated carbocycles. The second-order valence-corrected chi connectivity index (χ2v) is 6.10. The van der Waals surface area contributed by atoms with Gasteiger partial charge >= 0.3 is 5.97 Å². The van der Waals surface area contributed by atoms with Crippen LogP contribution >= 0.6 is 0 Å². The van der Waals surface area contributed by atoms with Crippen LogP contribution in [0.3, 0.4) is 0 Å². The molecule has 2 rings (SSSR count). The predicted molar refractivity (Wildman–Crippen MR) is 78.6 cm³/mol. The van der Waals surface area contributed by atoms with E-state index >= 15 is 0 Å². The van der Waals surface area contributed by atoms with Gasteiger partial charge in [-0.1, -0.05) is 6.07 Å². The maximum absolute atomic E-state index is 12.6. The van der Waals surface area contributed by atoms with E-state index in [0.717, 1.165) is 22.4 Å². The molecule has 0 saturated heterocycles. The Hall–Kier alpha value is -2.04. The first-order chi connectivity index (χ1) is 9.66. The zero-order valence-electron chi connectivity index (χ0n) is 13.1. The molecule has 5 heteroatoms. The van der Waals surface area contributed by atoms with Crippen molar-refractivity contribution in [2.24, 2.45) is 0 Å². The third-order valence-electron chi connectivity index (χ3n) is 4.40. The van der Waals surface area contributed by atoms with E-state index in [9.17, 15) is 14.7 Å². The van der Waals surface area contributed by atoms with Crippen molar-refractivity contribution < 1.29 is 19.4 Å². The van der Waals surface area contributed by atoms with Gasteiger partial charge in [0.15, 0.2) is 0 Å². The summed E-state index contributed by atoms with van der Waals surface area (Å²) in [5.41, 5.74) is 1.80. The number of amides is 1. The average Bonchev–Trinajstić information content (AvgIpc) is 2.80. The molecule has 1 N–H and O–H groups in total. The first kappa shape index (κ1) is 15.4.